The van der Waals surface area contributed by atoms with E-state index in [4.69, 9.17) is 34.8 Å². The van der Waals surface area contributed by atoms with Gasteiger partial charge in [-0.15, -0.1) is 0 Å². The number of ketones is 1. The van der Waals surface area contributed by atoms with Crippen LogP contribution in [0.2, 0.25) is 15.1 Å². The number of carbonyl (C=O) groups is 1. The second-order valence-corrected chi connectivity index (χ2v) is 7.47. The van der Waals surface area contributed by atoms with Crippen molar-refractivity contribution in [3.05, 3.63) is 44.9 Å². The molecule has 134 valence electrons. The fraction of sp³-hybridized carbons (Fsp3) is 0.263. The van der Waals surface area contributed by atoms with Crippen LogP contribution in [-0.4, -0.2) is 21.9 Å². The number of fused-ring (bicyclic) bond motifs is 3. The van der Waals surface area contributed by atoms with Crippen molar-refractivity contribution in [2.75, 3.05) is 11.9 Å². The first-order valence-electron chi connectivity index (χ1n) is 8.46. The summed E-state index contributed by atoms with van der Waals surface area (Å²) in [5.74, 6) is 0.795. The molecule has 3 aromatic rings. The zero-order valence-electron chi connectivity index (χ0n) is 14.1. The number of carbonyl (C=O) groups excluding carboxylic acids is 1. The molecule has 2 aromatic carbocycles. The monoisotopic (exact) mass is 407 g/mol. The summed E-state index contributed by atoms with van der Waals surface area (Å²) in [6.45, 7) is 3.51. The van der Waals surface area contributed by atoms with Crippen LogP contribution in [0.3, 0.4) is 0 Å². The van der Waals surface area contributed by atoms with Gasteiger partial charge in [-0.1, -0.05) is 47.8 Å². The minimum Gasteiger partial charge on any atom is -0.356 e. The number of hydrogen-bond acceptors (Lipinski definition) is 3. The van der Waals surface area contributed by atoms with Gasteiger partial charge in [-0.3, -0.25) is 4.79 Å². The fourth-order valence-electron chi connectivity index (χ4n) is 3.38. The average Bonchev–Trinajstić information content (AvgIpc) is 3.02. The molecule has 0 saturated carbocycles. The lowest BCUT2D eigenvalue weighted by molar-refractivity contribution is 0.0989. The van der Waals surface area contributed by atoms with Gasteiger partial charge in [0.15, 0.2) is 5.78 Å². The molecule has 7 heteroatoms. The molecule has 0 atom stereocenters. The molecule has 4 nitrogen and oxygen atoms in total. The number of aromatic nitrogens is 2. The maximum absolute atomic E-state index is 12.7. The molecule has 0 bridgehead atoms. The lowest BCUT2D eigenvalue weighted by atomic mass is 9.98. The first kappa shape index (κ1) is 17.7. The number of aryl methyl sites for hydroxylation is 1. The number of imidazole rings is 1. The van der Waals surface area contributed by atoms with E-state index in [-0.39, 0.29) is 5.78 Å². The number of nitrogens with zero attached hydrogens (tertiary/aromatic N) is 2. The lowest BCUT2D eigenvalue weighted by Gasteiger charge is -2.17. The molecule has 2 heterocycles. The number of halogens is 3. The van der Waals surface area contributed by atoms with Crippen molar-refractivity contribution in [1.82, 2.24) is 9.55 Å². The van der Waals surface area contributed by atoms with Crippen molar-refractivity contribution in [2.24, 2.45) is 0 Å². The molecular weight excluding hydrogens is 393 g/mol. The topological polar surface area (TPSA) is 46.9 Å². The molecule has 1 aliphatic rings. The van der Waals surface area contributed by atoms with E-state index in [9.17, 15) is 4.79 Å². The largest absolute Gasteiger partial charge is 0.356 e. The van der Waals surface area contributed by atoms with Gasteiger partial charge in [0.1, 0.15) is 5.52 Å². The van der Waals surface area contributed by atoms with Gasteiger partial charge in [-0.25, -0.2) is 4.98 Å². The van der Waals surface area contributed by atoms with Crippen LogP contribution in [0.5, 0.6) is 0 Å². The summed E-state index contributed by atoms with van der Waals surface area (Å²) in [5.41, 5.74) is 3.45. The maximum Gasteiger partial charge on any atom is 0.203 e. The normalized spacial score (nSPS) is 13.5. The second kappa shape index (κ2) is 6.76. The number of nitrogens with one attached hydrogen (secondary N) is 1. The number of anilines is 1. The standard InChI is InChI=1S/C19H16Cl3N3O/c1-2-15(26)13-9-12(11-5-4-10(20)8-14(11)21)16(22)17-18(13)25-7-3-6-23-19(25)24-17/h4-5,8-9H,2-3,6-7H2,1H3,(H,23,24). The molecule has 0 fully saturated rings. The van der Waals surface area contributed by atoms with Crippen LogP contribution < -0.4 is 5.32 Å². The molecule has 1 aliphatic heterocycles. The SMILES string of the molecule is CCC(=O)c1cc(-c2ccc(Cl)cc2Cl)c(Cl)c2nc3n(c12)CCCN3. The van der Waals surface area contributed by atoms with Gasteiger partial charge in [0, 0.05) is 46.2 Å². The highest BCUT2D eigenvalue weighted by molar-refractivity contribution is 6.40. The summed E-state index contributed by atoms with van der Waals surface area (Å²) in [4.78, 5) is 17.3. The highest BCUT2D eigenvalue weighted by Gasteiger charge is 2.24. The van der Waals surface area contributed by atoms with Crippen LogP contribution in [0, 0.1) is 0 Å². The van der Waals surface area contributed by atoms with E-state index < -0.39 is 0 Å². The molecule has 26 heavy (non-hydrogen) atoms. The van der Waals surface area contributed by atoms with Gasteiger partial charge in [-0.2, -0.15) is 0 Å². The van der Waals surface area contributed by atoms with E-state index in [0.29, 0.717) is 38.1 Å². The van der Waals surface area contributed by atoms with Crippen LogP contribution in [0.15, 0.2) is 24.3 Å². The van der Waals surface area contributed by atoms with Crippen LogP contribution in [0.1, 0.15) is 30.1 Å². The van der Waals surface area contributed by atoms with Gasteiger partial charge in [-0.05, 0) is 24.6 Å². The third-order valence-corrected chi connectivity index (χ3v) is 5.57. The van der Waals surface area contributed by atoms with Gasteiger partial charge < -0.3 is 9.88 Å². The number of rotatable bonds is 3. The Hall–Kier alpha value is -1.75. The third kappa shape index (κ3) is 2.77. The molecule has 1 aromatic heterocycles. The minimum atomic E-state index is 0.0475. The maximum atomic E-state index is 12.7. The summed E-state index contributed by atoms with van der Waals surface area (Å²) in [5, 5.41) is 4.79. The van der Waals surface area contributed by atoms with Crippen LogP contribution in [-0.2, 0) is 6.54 Å². The minimum absolute atomic E-state index is 0.0475. The summed E-state index contributed by atoms with van der Waals surface area (Å²) < 4.78 is 2.04. The third-order valence-electron chi connectivity index (χ3n) is 4.64. The van der Waals surface area contributed by atoms with Crippen molar-refractivity contribution < 1.29 is 4.79 Å². The van der Waals surface area contributed by atoms with Crippen molar-refractivity contribution >= 4 is 57.6 Å². The first-order valence-corrected chi connectivity index (χ1v) is 9.60. The molecule has 0 aliphatic carbocycles. The van der Waals surface area contributed by atoms with E-state index in [1.807, 2.05) is 23.6 Å². The summed E-state index contributed by atoms with van der Waals surface area (Å²) in [6, 6.07) is 7.06. The Morgan fingerprint density at radius 2 is 2.04 bits per heavy atom. The van der Waals surface area contributed by atoms with E-state index in [2.05, 4.69) is 10.3 Å². The van der Waals surface area contributed by atoms with E-state index in [1.54, 1.807) is 12.1 Å². The summed E-state index contributed by atoms with van der Waals surface area (Å²) >= 11 is 19.1. The Labute approximate surface area is 166 Å². The zero-order chi connectivity index (χ0) is 18.4. The Bertz CT molecular complexity index is 1040. The molecule has 0 unspecified atom stereocenters. The molecule has 0 saturated heterocycles. The Balaban J connectivity index is 2.06. The highest BCUT2D eigenvalue weighted by Crippen LogP contribution is 2.41. The van der Waals surface area contributed by atoms with Crippen molar-refractivity contribution in [3.8, 4) is 11.1 Å². The van der Waals surface area contributed by atoms with Gasteiger partial charge in [0.25, 0.3) is 0 Å². The first-order chi connectivity index (χ1) is 12.5. The lowest BCUT2D eigenvalue weighted by Crippen LogP contribution is -2.17. The predicted molar refractivity (Wildman–Crippen MR) is 108 cm³/mol. The molecule has 0 amide bonds. The molecule has 0 spiro atoms. The summed E-state index contributed by atoms with van der Waals surface area (Å²) in [6.07, 6.45) is 1.37. The van der Waals surface area contributed by atoms with Crippen molar-refractivity contribution in [3.63, 3.8) is 0 Å². The van der Waals surface area contributed by atoms with Crippen molar-refractivity contribution in [2.45, 2.75) is 26.3 Å². The second-order valence-electron chi connectivity index (χ2n) is 6.25. The highest BCUT2D eigenvalue weighted by atomic mass is 35.5. The Morgan fingerprint density at radius 1 is 1.23 bits per heavy atom. The Kier molecular flexibility index (Phi) is 4.59. The number of benzene rings is 2. The van der Waals surface area contributed by atoms with E-state index in [1.165, 1.54) is 0 Å². The van der Waals surface area contributed by atoms with E-state index in [0.717, 1.165) is 36.5 Å². The van der Waals surface area contributed by atoms with Crippen LogP contribution >= 0.6 is 34.8 Å². The van der Waals surface area contributed by atoms with Gasteiger partial charge >= 0.3 is 0 Å². The van der Waals surface area contributed by atoms with Gasteiger partial charge in [0.2, 0.25) is 5.95 Å². The van der Waals surface area contributed by atoms with Crippen molar-refractivity contribution in [1.29, 1.82) is 0 Å². The predicted octanol–water partition coefficient (Wildman–Crippen LogP) is 6.07. The smallest absolute Gasteiger partial charge is 0.203 e. The van der Waals surface area contributed by atoms with Gasteiger partial charge in [0.05, 0.1) is 10.5 Å². The molecule has 4 rings (SSSR count). The molecule has 0 radical (unpaired) electrons. The average molecular weight is 409 g/mol. The van der Waals surface area contributed by atoms with Crippen LogP contribution in [0.25, 0.3) is 22.2 Å². The number of Topliss-reactive ketones (excluding diaryl/α,β-unsaturated/α-hetero) is 1. The fourth-order valence-corrected chi connectivity index (χ4v) is 4.18. The molecular formula is C19H16Cl3N3O. The number of hydrogen-bond donors (Lipinski definition) is 1. The quantitative estimate of drug-likeness (QED) is 0.535. The van der Waals surface area contributed by atoms with Crippen LogP contribution in [0.4, 0.5) is 5.95 Å². The van der Waals surface area contributed by atoms with E-state index >= 15 is 0 Å². The summed E-state index contributed by atoms with van der Waals surface area (Å²) in [7, 11) is 0. The Morgan fingerprint density at radius 3 is 2.77 bits per heavy atom. The zero-order valence-corrected chi connectivity index (χ0v) is 16.3. The molecule has 1 N–H and O–H groups in total.